The quantitative estimate of drug-likeness (QED) is 0.169. The Labute approximate surface area is 144 Å². The van der Waals surface area contributed by atoms with E-state index in [-0.39, 0.29) is 41.9 Å². The first kappa shape index (κ1) is 22.0. The molecule has 110 valence electrons. The Hall–Kier alpha value is -0.320. The van der Waals surface area contributed by atoms with Crippen molar-refractivity contribution in [3.63, 3.8) is 0 Å². The topological polar surface area (TPSA) is 66.4 Å². The fourth-order valence-electron chi connectivity index (χ4n) is 1.74. The standard InChI is InChI=1S/C15H26O4.Na/c1-3-5-6-7-8-9-10-11-13(16)12-14(17)15(18)19-4-2;/h12,17H,3-11H2,1-2H3;/q;+1/p-1. The van der Waals surface area contributed by atoms with Crippen LogP contribution in [0.5, 0.6) is 0 Å². The number of rotatable bonds is 11. The third-order valence-corrected chi connectivity index (χ3v) is 2.80. The number of unbranched alkanes of at least 4 members (excludes halogenated alkanes) is 6. The summed E-state index contributed by atoms with van der Waals surface area (Å²) in [5.41, 5.74) is 0. The molecule has 5 heteroatoms. The number of ether oxygens (including phenoxy) is 1. The van der Waals surface area contributed by atoms with E-state index in [0.717, 1.165) is 25.3 Å². The van der Waals surface area contributed by atoms with Crippen molar-refractivity contribution in [1.82, 2.24) is 0 Å². The summed E-state index contributed by atoms with van der Waals surface area (Å²) in [5, 5.41) is 11.2. The van der Waals surface area contributed by atoms with Crippen LogP contribution in [0.3, 0.4) is 0 Å². The first-order valence-electron chi connectivity index (χ1n) is 7.20. The molecule has 0 spiro atoms. The van der Waals surface area contributed by atoms with Gasteiger partial charge in [0.15, 0.2) is 5.78 Å². The van der Waals surface area contributed by atoms with E-state index in [4.69, 9.17) is 0 Å². The Balaban J connectivity index is 0. The summed E-state index contributed by atoms with van der Waals surface area (Å²) in [7, 11) is 0. The van der Waals surface area contributed by atoms with Crippen molar-refractivity contribution in [3.05, 3.63) is 11.8 Å². The summed E-state index contributed by atoms with van der Waals surface area (Å²) in [6.07, 6.45) is 9.02. The summed E-state index contributed by atoms with van der Waals surface area (Å²) in [4.78, 5) is 22.4. The summed E-state index contributed by atoms with van der Waals surface area (Å²) >= 11 is 0. The molecule has 0 aliphatic carbocycles. The second kappa shape index (κ2) is 15.1. The third kappa shape index (κ3) is 12.7. The van der Waals surface area contributed by atoms with E-state index < -0.39 is 11.7 Å². The Morgan fingerprint density at radius 2 is 1.55 bits per heavy atom. The summed E-state index contributed by atoms with van der Waals surface area (Å²) in [6, 6.07) is 0. The second-order valence-electron chi connectivity index (χ2n) is 4.57. The molecule has 0 saturated heterocycles. The predicted octanol–water partition coefficient (Wildman–Crippen LogP) is -0.492. The Bertz CT molecular complexity index is 300. The van der Waals surface area contributed by atoms with Crippen molar-refractivity contribution in [1.29, 1.82) is 0 Å². The summed E-state index contributed by atoms with van der Waals surface area (Å²) < 4.78 is 4.51. The van der Waals surface area contributed by atoms with Crippen LogP contribution in [0.2, 0.25) is 0 Å². The van der Waals surface area contributed by atoms with Crippen molar-refractivity contribution >= 4 is 11.8 Å². The molecule has 0 aromatic carbocycles. The van der Waals surface area contributed by atoms with Crippen molar-refractivity contribution < 1.29 is 49.0 Å². The van der Waals surface area contributed by atoms with Crippen molar-refractivity contribution in [2.45, 2.75) is 65.2 Å². The Morgan fingerprint density at radius 1 is 1.00 bits per heavy atom. The molecule has 4 nitrogen and oxygen atoms in total. The zero-order chi connectivity index (χ0) is 14.5. The molecule has 0 aromatic heterocycles. The van der Waals surface area contributed by atoms with Gasteiger partial charge in [0, 0.05) is 6.42 Å². The van der Waals surface area contributed by atoms with Crippen LogP contribution in [0.25, 0.3) is 0 Å². The smallest absolute Gasteiger partial charge is 0.868 e. The number of carbonyl (C=O) groups is 2. The predicted molar refractivity (Wildman–Crippen MR) is 72.3 cm³/mol. The number of ketones is 1. The van der Waals surface area contributed by atoms with Gasteiger partial charge in [-0.2, -0.15) is 0 Å². The van der Waals surface area contributed by atoms with E-state index in [1.165, 1.54) is 25.7 Å². The van der Waals surface area contributed by atoms with Crippen LogP contribution < -0.4 is 34.7 Å². The molecule has 0 amide bonds. The molecule has 0 bridgehead atoms. The first-order valence-corrected chi connectivity index (χ1v) is 7.20. The molecule has 0 aromatic rings. The van der Waals surface area contributed by atoms with Crippen LogP contribution in [-0.2, 0) is 14.3 Å². The average molecular weight is 292 g/mol. The molecule has 20 heavy (non-hydrogen) atoms. The van der Waals surface area contributed by atoms with E-state index >= 15 is 0 Å². The van der Waals surface area contributed by atoms with Gasteiger partial charge in [-0.1, -0.05) is 45.4 Å². The minimum absolute atomic E-state index is 0. The molecule has 0 heterocycles. The summed E-state index contributed by atoms with van der Waals surface area (Å²) in [6.45, 7) is 3.94. The van der Waals surface area contributed by atoms with Crippen molar-refractivity contribution in [3.8, 4) is 0 Å². The molecule has 0 aliphatic rings. The second-order valence-corrected chi connectivity index (χ2v) is 4.57. The van der Waals surface area contributed by atoms with Gasteiger partial charge in [-0.05, 0) is 25.2 Å². The maximum absolute atomic E-state index is 11.4. The molecule has 0 atom stereocenters. The molecule has 0 aliphatic heterocycles. The van der Waals surface area contributed by atoms with Gasteiger partial charge in [-0.25, -0.2) is 4.79 Å². The number of hydrogen-bond acceptors (Lipinski definition) is 4. The number of carbonyl (C=O) groups excluding carboxylic acids is 2. The maximum atomic E-state index is 11.4. The average Bonchev–Trinajstić information content (AvgIpc) is 2.38. The van der Waals surface area contributed by atoms with E-state index in [9.17, 15) is 14.7 Å². The van der Waals surface area contributed by atoms with Crippen LogP contribution in [0, 0.1) is 0 Å². The Kier molecular flexibility index (Phi) is 16.6. The van der Waals surface area contributed by atoms with Crippen LogP contribution in [0.15, 0.2) is 11.8 Å². The largest absolute Gasteiger partial charge is 1.00 e. The van der Waals surface area contributed by atoms with Gasteiger partial charge < -0.3 is 9.84 Å². The summed E-state index contributed by atoms with van der Waals surface area (Å²) in [5.74, 6) is -2.09. The van der Waals surface area contributed by atoms with Crippen LogP contribution >= 0.6 is 0 Å². The van der Waals surface area contributed by atoms with Gasteiger partial charge in [-0.3, -0.25) is 4.79 Å². The number of hydrogen-bond donors (Lipinski definition) is 0. The minimum atomic E-state index is -0.949. The van der Waals surface area contributed by atoms with Crippen molar-refractivity contribution in [2.75, 3.05) is 6.61 Å². The molecule has 0 N–H and O–H groups in total. The molecular formula is C15H25NaO4. The van der Waals surface area contributed by atoms with Gasteiger partial charge in [0.05, 0.1) is 6.61 Å². The van der Waals surface area contributed by atoms with Crippen molar-refractivity contribution in [2.24, 2.45) is 0 Å². The minimum Gasteiger partial charge on any atom is -0.868 e. The monoisotopic (exact) mass is 292 g/mol. The van der Waals surface area contributed by atoms with Gasteiger partial charge in [0.2, 0.25) is 0 Å². The molecule has 0 fully saturated rings. The fourth-order valence-corrected chi connectivity index (χ4v) is 1.74. The van der Waals surface area contributed by atoms with Crippen LogP contribution in [0.4, 0.5) is 0 Å². The third-order valence-electron chi connectivity index (χ3n) is 2.80. The normalized spacial score (nSPS) is 10.8. The molecule has 0 radical (unpaired) electrons. The number of allylic oxidation sites excluding steroid dienone is 1. The maximum Gasteiger partial charge on any atom is 1.00 e. The molecule has 0 unspecified atom stereocenters. The van der Waals surface area contributed by atoms with E-state index in [2.05, 4.69) is 11.7 Å². The van der Waals surface area contributed by atoms with E-state index in [1.54, 1.807) is 6.92 Å². The fraction of sp³-hybridized carbons (Fsp3) is 0.733. The van der Waals surface area contributed by atoms with E-state index in [0.29, 0.717) is 6.42 Å². The van der Waals surface area contributed by atoms with Gasteiger partial charge in [-0.15, -0.1) is 0 Å². The van der Waals surface area contributed by atoms with Gasteiger partial charge in [0.1, 0.15) is 0 Å². The molecule has 0 saturated carbocycles. The van der Waals surface area contributed by atoms with Gasteiger partial charge in [0.25, 0.3) is 0 Å². The zero-order valence-corrected chi connectivity index (χ0v) is 15.1. The first-order chi connectivity index (χ1) is 9.11. The number of esters is 1. The van der Waals surface area contributed by atoms with Crippen LogP contribution in [0.1, 0.15) is 65.2 Å². The van der Waals surface area contributed by atoms with Crippen LogP contribution in [-0.4, -0.2) is 18.4 Å². The Morgan fingerprint density at radius 3 is 2.10 bits per heavy atom. The molecule has 0 rings (SSSR count). The van der Waals surface area contributed by atoms with Gasteiger partial charge >= 0.3 is 35.5 Å². The zero-order valence-electron chi connectivity index (χ0n) is 13.1. The molecular weight excluding hydrogens is 267 g/mol. The van der Waals surface area contributed by atoms with E-state index in [1.807, 2.05) is 0 Å². The SMILES string of the molecule is CCCCCCCCCC(=O)C=C([O-])C(=O)OCC.[Na+].